The van der Waals surface area contributed by atoms with Gasteiger partial charge in [-0.3, -0.25) is 0 Å². The molecule has 1 fully saturated rings. The molecule has 1 saturated carbocycles. The number of hydrogen-bond acceptors (Lipinski definition) is 2. The van der Waals surface area contributed by atoms with Crippen LogP contribution in [-0.4, -0.2) is 26.9 Å². The summed E-state index contributed by atoms with van der Waals surface area (Å²) in [5.41, 5.74) is 0.133. The minimum Gasteiger partial charge on any atom is -0.242 e. The van der Waals surface area contributed by atoms with Crippen LogP contribution in [0.4, 0.5) is 0 Å². The molecule has 0 radical (unpaired) electrons. The summed E-state index contributed by atoms with van der Waals surface area (Å²) in [7, 11) is -2.36. The van der Waals surface area contributed by atoms with E-state index in [0.717, 1.165) is 20.1 Å². The van der Waals surface area contributed by atoms with Gasteiger partial charge in [0.05, 0.1) is 0 Å². The van der Waals surface area contributed by atoms with Crippen LogP contribution in [0.25, 0.3) is 0 Å². The maximum Gasteiger partial charge on any atom is 0.280 e. The average molecular weight is 326 g/mol. The fraction of sp³-hybridized carbons (Fsp3) is 1.00. The molecular weight excluding hydrogens is 290 g/mol. The lowest BCUT2D eigenvalue weighted by atomic mass is 9.45. The van der Waals surface area contributed by atoms with Crippen molar-refractivity contribution in [1.82, 2.24) is 0 Å². The van der Waals surface area contributed by atoms with Crippen molar-refractivity contribution in [2.45, 2.75) is 96.9 Å². The second-order valence-electron chi connectivity index (χ2n) is 9.51. The van der Waals surface area contributed by atoms with E-state index in [1.54, 1.807) is 0 Å². The molecule has 0 saturated heterocycles. The van der Waals surface area contributed by atoms with Gasteiger partial charge in [-0.05, 0) is 23.1 Å². The SMILES string of the molecule is CCCC(C)(C)BC(C)(CC)S(=O)(=O)BC1(C)C(C)C1(C)C. The molecule has 0 aromatic rings. The van der Waals surface area contributed by atoms with Crippen LogP contribution >= 0.6 is 0 Å². The minimum absolute atomic E-state index is 0.0723. The highest BCUT2D eigenvalue weighted by atomic mass is 32.2. The van der Waals surface area contributed by atoms with Crippen LogP contribution in [-0.2, 0) is 9.69 Å². The van der Waals surface area contributed by atoms with E-state index < -0.39 is 14.3 Å². The Hall–Kier alpha value is 0.0799. The molecule has 0 heterocycles. The first-order valence-corrected chi connectivity index (χ1v) is 10.6. The topological polar surface area (TPSA) is 34.1 Å². The summed E-state index contributed by atoms with van der Waals surface area (Å²) in [5, 5.41) is 0.00926. The molecule has 0 aliphatic heterocycles. The summed E-state index contributed by atoms with van der Waals surface area (Å²) in [5.74, 6) is 0.472. The Bertz CT molecular complexity index is 513. The van der Waals surface area contributed by atoms with E-state index in [4.69, 9.17) is 0 Å². The van der Waals surface area contributed by atoms with Crippen molar-refractivity contribution in [3.8, 4) is 0 Å². The lowest BCUT2D eigenvalue weighted by molar-refractivity contribution is 0.551. The lowest BCUT2D eigenvalue weighted by Gasteiger charge is -2.36. The van der Waals surface area contributed by atoms with E-state index in [1.807, 2.05) is 13.8 Å². The predicted octanol–water partition coefficient (Wildman–Crippen LogP) is 4.17. The van der Waals surface area contributed by atoms with Crippen LogP contribution in [0.2, 0.25) is 10.6 Å². The lowest BCUT2D eigenvalue weighted by Crippen LogP contribution is -2.48. The van der Waals surface area contributed by atoms with E-state index in [1.165, 1.54) is 0 Å². The molecule has 128 valence electrons. The first-order valence-electron chi connectivity index (χ1n) is 8.91. The van der Waals surface area contributed by atoms with Crippen LogP contribution in [0.1, 0.15) is 81.6 Å². The van der Waals surface area contributed by atoms with Gasteiger partial charge in [-0.1, -0.05) is 80.5 Å². The fourth-order valence-electron chi connectivity index (χ4n) is 4.49. The Morgan fingerprint density at radius 2 is 1.55 bits per heavy atom. The maximum absolute atomic E-state index is 13.3. The third kappa shape index (κ3) is 3.30. The molecule has 0 N–H and O–H groups in total. The van der Waals surface area contributed by atoms with Gasteiger partial charge in [0.25, 0.3) is 6.56 Å². The normalized spacial score (nSPS) is 30.5. The van der Waals surface area contributed by atoms with Gasteiger partial charge in [0.1, 0.15) is 9.69 Å². The monoisotopic (exact) mass is 326 g/mol. The van der Waals surface area contributed by atoms with E-state index in [-0.39, 0.29) is 16.0 Å². The minimum atomic E-state index is -3.12. The van der Waals surface area contributed by atoms with Gasteiger partial charge >= 0.3 is 0 Å². The van der Waals surface area contributed by atoms with Crippen molar-refractivity contribution >= 4 is 23.5 Å². The molecule has 1 aliphatic rings. The number of rotatable bonds is 8. The highest BCUT2D eigenvalue weighted by molar-refractivity contribution is 8.17. The standard InChI is InChI=1S/C17H36B2O2S/c1-10-12-14(4,5)18-16(8,11-2)22(20,21)19-17(9)13(3)15(17,6)7/h13,18-19H,10-12H2,1-9H3. The zero-order valence-electron chi connectivity index (χ0n) is 16.3. The molecule has 0 spiro atoms. The van der Waals surface area contributed by atoms with Gasteiger partial charge in [0, 0.05) is 4.65 Å². The third-order valence-corrected chi connectivity index (χ3v) is 10.1. The summed E-state index contributed by atoms with van der Waals surface area (Å²) in [6.07, 6.45) is 2.89. The highest BCUT2D eigenvalue weighted by Gasteiger charge is 2.68. The predicted molar refractivity (Wildman–Crippen MR) is 102 cm³/mol. The van der Waals surface area contributed by atoms with Gasteiger partial charge in [-0.2, -0.15) is 0 Å². The van der Waals surface area contributed by atoms with Crippen LogP contribution < -0.4 is 0 Å². The van der Waals surface area contributed by atoms with Crippen molar-refractivity contribution in [2.24, 2.45) is 11.3 Å². The van der Waals surface area contributed by atoms with Gasteiger partial charge in [0.15, 0.2) is 7.28 Å². The van der Waals surface area contributed by atoms with E-state index in [0.29, 0.717) is 18.9 Å². The molecule has 0 bridgehead atoms. The van der Waals surface area contributed by atoms with Crippen molar-refractivity contribution in [1.29, 1.82) is 0 Å². The molecule has 3 unspecified atom stereocenters. The second-order valence-corrected chi connectivity index (χ2v) is 12.0. The molecule has 22 heavy (non-hydrogen) atoms. The largest absolute Gasteiger partial charge is 0.280 e. The van der Waals surface area contributed by atoms with Crippen LogP contribution in [0.15, 0.2) is 0 Å². The zero-order valence-corrected chi connectivity index (χ0v) is 17.2. The maximum atomic E-state index is 13.3. The summed E-state index contributed by atoms with van der Waals surface area (Å²) < 4.78 is 25.9. The van der Waals surface area contributed by atoms with Gasteiger partial charge in [-0.15, -0.1) is 0 Å². The molecule has 5 heteroatoms. The Morgan fingerprint density at radius 1 is 1.09 bits per heavy atom. The van der Waals surface area contributed by atoms with Crippen molar-refractivity contribution in [3.05, 3.63) is 0 Å². The molecule has 0 amide bonds. The molecule has 1 rings (SSSR count). The van der Waals surface area contributed by atoms with Crippen molar-refractivity contribution in [2.75, 3.05) is 0 Å². The summed E-state index contributed by atoms with van der Waals surface area (Å²) in [4.78, 5) is 0. The van der Waals surface area contributed by atoms with Crippen LogP contribution in [0.3, 0.4) is 0 Å². The third-order valence-electron chi connectivity index (χ3n) is 7.19. The quantitative estimate of drug-likeness (QED) is 0.628. The molecule has 0 aromatic carbocycles. The molecule has 3 atom stereocenters. The van der Waals surface area contributed by atoms with Crippen LogP contribution in [0.5, 0.6) is 0 Å². The summed E-state index contributed by atoms with van der Waals surface area (Å²) in [6, 6.07) is 0. The number of hydrogen-bond donors (Lipinski definition) is 0. The van der Waals surface area contributed by atoms with Gasteiger partial charge in [0.2, 0.25) is 0 Å². The summed E-state index contributed by atoms with van der Waals surface area (Å²) >= 11 is 0. The second kappa shape index (κ2) is 5.86. The molecule has 1 aliphatic carbocycles. The Morgan fingerprint density at radius 3 is 1.86 bits per heavy atom. The smallest absolute Gasteiger partial charge is 0.242 e. The summed E-state index contributed by atoms with van der Waals surface area (Å²) in [6.45, 7) is 19.7. The van der Waals surface area contributed by atoms with Gasteiger partial charge in [-0.25, -0.2) is 8.42 Å². The highest BCUT2D eigenvalue weighted by Crippen LogP contribution is 2.74. The van der Waals surface area contributed by atoms with E-state index >= 15 is 0 Å². The first-order chi connectivity index (χ1) is 9.69. The van der Waals surface area contributed by atoms with Crippen LogP contribution in [0, 0.1) is 11.3 Å². The van der Waals surface area contributed by atoms with E-state index in [2.05, 4.69) is 48.5 Å². The van der Waals surface area contributed by atoms with E-state index in [9.17, 15) is 8.42 Å². The molecule has 0 aromatic heterocycles. The molecular formula is C17H36B2O2S. The Labute approximate surface area is 140 Å². The average Bonchev–Trinajstić information content (AvgIpc) is 2.71. The molecule has 2 nitrogen and oxygen atoms in total. The van der Waals surface area contributed by atoms with Crippen molar-refractivity contribution < 1.29 is 8.42 Å². The Balaban J connectivity index is 3.03. The zero-order chi connectivity index (χ0) is 17.6. The van der Waals surface area contributed by atoms with Gasteiger partial charge < -0.3 is 0 Å². The first kappa shape index (κ1) is 20.1. The Kier molecular flexibility index (Phi) is 5.36. The fourth-order valence-corrected chi connectivity index (χ4v) is 7.30. The van der Waals surface area contributed by atoms with Crippen molar-refractivity contribution in [3.63, 3.8) is 0 Å².